The Hall–Kier alpha value is -2.74. The van der Waals surface area contributed by atoms with Gasteiger partial charge in [-0.25, -0.2) is 18.0 Å². The molecular formula is C24H25ClF3NO4. The molecule has 9 heteroatoms. The highest BCUT2D eigenvalue weighted by atomic mass is 35.5. The Balaban J connectivity index is 0.000000709. The van der Waals surface area contributed by atoms with E-state index in [1.165, 1.54) is 6.07 Å². The van der Waals surface area contributed by atoms with Crippen LogP contribution in [-0.2, 0) is 11.2 Å². The van der Waals surface area contributed by atoms with Crippen molar-refractivity contribution in [3.8, 4) is 0 Å². The summed E-state index contributed by atoms with van der Waals surface area (Å²) in [7, 11) is 0. The van der Waals surface area contributed by atoms with E-state index in [0.29, 0.717) is 22.9 Å². The lowest BCUT2D eigenvalue weighted by molar-refractivity contribution is -0.123. The standard InChI is InChI=1S/C23H23ClF3NO.CH2O3/c24-17-8-6-16(7-9-17)21(18-2-1-11-23(18,26)27)22(29)28-20-13-15(5-10-19(20)25)12-14-3-4-14;2-1(3)4/h5-10,13-14,18,21H,1-4,11-12H2,(H,28,29);(H2,2,3,4)/t18?,21-;/m0./s1. The first-order chi connectivity index (χ1) is 15.6. The SMILES string of the molecule is O=C(Nc1cc(CC2CC2)ccc1F)[C@@H](c1ccc(Cl)cc1)C1CCCC1(F)F.O=C(O)O. The van der Waals surface area contributed by atoms with Crippen LogP contribution < -0.4 is 5.32 Å². The summed E-state index contributed by atoms with van der Waals surface area (Å²) >= 11 is 5.93. The van der Waals surface area contributed by atoms with Crippen molar-refractivity contribution in [3.63, 3.8) is 0 Å². The van der Waals surface area contributed by atoms with Crippen molar-refractivity contribution in [1.29, 1.82) is 0 Å². The minimum Gasteiger partial charge on any atom is -0.450 e. The molecule has 0 radical (unpaired) electrons. The largest absolute Gasteiger partial charge is 0.503 e. The fourth-order valence-electron chi connectivity index (χ4n) is 4.26. The average molecular weight is 484 g/mol. The second-order valence-electron chi connectivity index (χ2n) is 8.52. The predicted octanol–water partition coefficient (Wildman–Crippen LogP) is 6.81. The van der Waals surface area contributed by atoms with Gasteiger partial charge in [0.15, 0.2) is 0 Å². The Morgan fingerprint density at radius 1 is 1.09 bits per heavy atom. The van der Waals surface area contributed by atoms with Crippen LogP contribution in [0.15, 0.2) is 42.5 Å². The number of rotatable bonds is 6. The van der Waals surface area contributed by atoms with E-state index in [4.69, 9.17) is 26.6 Å². The first-order valence-corrected chi connectivity index (χ1v) is 11.1. The molecule has 178 valence electrons. The fourth-order valence-corrected chi connectivity index (χ4v) is 4.39. The number of carbonyl (C=O) groups excluding carboxylic acids is 1. The van der Waals surface area contributed by atoms with Crippen molar-refractivity contribution in [1.82, 2.24) is 0 Å². The third-order valence-corrected chi connectivity index (χ3v) is 6.24. The highest BCUT2D eigenvalue weighted by Gasteiger charge is 2.50. The number of hydrogen-bond acceptors (Lipinski definition) is 2. The summed E-state index contributed by atoms with van der Waals surface area (Å²) in [6.07, 6.45) is 1.70. The molecule has 0 aliphatic heterocycles. The van der Waals surface area contributed by atoms with E-state index in [-0.39, 0.29) is 18.5 Å². The lowest BCUT2D eigenvalue weighted by atomic mass is 9.82. The average Bonchev–Trinajstić information content (AvgIpc) is 3.47. The molecule has 4 rings (SSSR count). The second kappa shape index (κ2) is 10.5. The van der Waals surface area contributed by atoms with Crippen LogP contribution in [0.4, 0.5) is 23.7 Å². The van der Waals surface area contributed by atoms with Gasteiger partial charge in [-0.3, -0.25) is 4.79 Å². The number of carbonyl (C=O) groups is 2. The highest BCUT2D eigenvalue weighted by molar-refractivity contribution is 6.30. The fraction of sp³-hybridized carbons (Fsp3) is 0.417. The molecule has 3 N–H and O–H groups in total. The van der Waals surface area contributed by atoms with Gasteiger partial charge in [-0.15, -0.1) is 0 Å². The van der Waals surface area contributed by atoms with Crippen molar-refractivity contribution in [3.05, 3.63) is 64.4 Å². The first-order valence-electron chi connectivity index (χ1n) is 10.7. The number of anilines is 1. The second-order valence-corrected chi connectivity index (χ2v) is 8.96. The van der Waals surface area contributed by atoms with Crippen molar-refractivity contribution in [2.75, 3.05) is 5.32 Å². The maximum absolute atomic E-state index is 14.5. The van der Waals surface area contributed by atoms with Gasteiger partial charge in [0.25, 0.3) is 5.92 Å². The number of carboxylic acid groups (broad SMARTS) is 2. The van der Waals surface area contributed by atoms with E-state index in [9.17, 15) is 18.0 Å². The molecule has 0 bridgehead atoms. The molecule has 0 saturated heterocycles. The maximum Gasteiger partial charge on any atom is 0.503 e. The molecule has 0 aromatic heterocycles. The molecule has 33 heavy (non-hydrogen) atoms. The van der Waals surface area contributed by atoms with E-state index < -0.39 is 35.6 Å². The molecule has 1 unspecified atom stereocenters. The molecule has 2 saturated carbocycles. The highest BCUT2D eigenvalue weighted by Crippen LogP contribution is 2.48. The lowest BCUT2D eigenvalue weighted by Crippen LogP contribution is -2.35. The third-order valence-electron chi connectivity index (χ3n) is 5.99. The molecule has 5 nitrogen and oxygen atoms in total. The Labute approximate surface area is 194 Å². The number of hydrogen-bond donors (Lipinski definition) is 3. The monoisotopic (exact) mass is 483 g/mol. The van der Waals surface area contributed by atoms with Gasteiger partial charge in [0.1, 0.15) is 5.82 Å². The van der Waals surface area contributed by atoms with Gasteiger partial charge in [-0.05, 0) is 73.4 Å². The summed E-state index contributed by atoms with van der Waals surface area (Å²) in [6.45, 7) is 0. The maximum atomic E-state index is 14.5. The van der Waals surface area contributed by atoms with Crippen molar-refractivity contribution >= 4 is 29.4 Å². The molecule has 2 aliphatic carbocycles. The van der Waals surface area contributed by atoms with Gasteiger partial charge in [-0.1, -0.05) is 29.8 Å². The summed E-state index contributed by atoms with van der Waals surface area (Å²) in [5.41, 5.74) is 1.46. The zero-order valence-corrected chi connectivity index (χ0v) is 18.5. The Morgan fingerprint density at radius 3 is 2.27 bits per heavy atom. The summed E-state index contributed by atoms with van der Waals surface area (Å²) in [5.74, 6) is -5.69. The van der Waals surface area contributed by atoms with Crippen LogP contribution in [0, 0.1) is 17.7 Å². The van der Waals surface area contributed by atoms with Crippen LogP contribution in [0.1, 0.15) is 49.1 Å². The van der Waals surface area contributed by atoms with Crippen molar-refractivity contribution in [2.45, 2.75) is 50.4 Å². The predicted molar refractivity (Wildman–Crippen MR) is 119 cm³/mol. The Morgan fingerprint density at radius 2 is 1.73 bits per heavy atom. The number of amides is 1. The van der Waals surface area contributed by atoms with Crippen LogP contribution in [-0.4, -0.2) is 28.2 Å². The molecular weight excluding hydrogens is 459 g/mol. The molecule has 2 aromatic carbocycles. The molecule has 2 aliphatic rings. The van der Waals surface area contributed by atoms with Gasteiger partial charge >= 0.3 is 6.16 Å². The van der Waals surface area contributed by atoms with Gasteiger partial charge < -0.3 is 15.5 Å². The third kappa shape index (κ3) is 6.87. The van der Waals surface area contributed by atoms with E-state index in [1.54, 1.807) is 36.4 Å². The van der Waals surface area contributed by atoms with Crippen LogP contribution in [0.2, 0.25) is 5.02 Å². The minimum absolute atomic E-state index is 0.0495. The van der Waals surface area contributed by atoms with E-state index in [2.05, 4.69) is 5.32 Å². The minimum atomic E-state index is -2.94. The Bertz CT molecular complexity index is 992. The lowest BCUT2D eigenvalue weighted by Gasteiger charge is -2.28. The summed E-state index contributed by atoms with van der Waals surface area (Å²) in [6, 6.07) is 11.0. The van der Waals surface area contributed by atoms with Gasteiger partial charge in [0.05, 0.1) is 11.6 Å². The smallest absolute Gasteiger partial charge is 0.450 e. The van der Waals surface area contributed by atoms with E-state index >= 15 is 0 Å². The normalized spacial score (nSPS) is 19.8. The van der Waals surface area contributed by atoms with Gasteiger partial charge in [-0.2, -0.15) is 0 Å². The summed E-state index contributed by atoms with van der Waals surface area (Å²) < 4.78 is 43.4. The molecule has 2 aromatic rings. The van der Waals surface area contributed by atoms with Crippen LogP contribution >= 0.6 is 11.6 Å². The number of alkyl halides is 2. The van der Waals surface area contributed by atoms with Crippen LogP contribution in [0.5, 0.6) is 0 Å². The first kappa shape index (κ1) is 24.9. The molecule has 0 spiro atoms. The molecule has 2 atom stereocenters. The molecule has 2 fully saturated rings. The van der Waals surface area contributed by atoms with Crippen LogP contribution in [0.25, 0.3) is 0 Å². The van der Waals surface area contributed by atoms with Gasteiger partial charge in [0.2, 0.25) is 5.91 Å². The zero-order valence-electron chi connectivity index (χ0n) is 17.7. The number of halogens is 4. The molecule has 0 heterocycles. The van der Waals surface area contributed by atoms with E-state index in [1.807, 2.05) is 0 Å². The van der Waals surface area contributed by atoms with Crippen molar-refractivity contribution in [2.24, 2.45) is 11.8 Å². The Kier molecular flexibility index (Phi) is 7.89. The number of benzene rings is 2. The topological polar surface area (TPSA) is 86.6 Å². The number of nitrogens with one attached hydrogen (secondary N) is 1. The van der Waals surface area contributed by atoms with Crippen molar-refractivity contribution < 1.29 is 33.0 Å². The quantitative estimate of drug-likeness (QED) is 0.421. The molecule has 1 amide bonds. The summed E-state index contributed by atoms with van der Waals surface area (Å²) in [5, 5.41) is 17.0. The van der Waals surface area contributed by atoms with Crippen LogP contribution in [0.3, 0.4) is 0 Å². The van der Waals surface area contributed by atoms with E-state index in [0.717, 1.165) is 24.8 Å². The zero-order chi connectivity index (χ0) is 24.2. The van der Waals surface area contributed by atoms with Gasteiger partial charge in [0, 0.05) is 17.4 Å². The summed E-state index contributed by atoms with van der Waals surface area (Å²) in [4.78, 5) is 21.7.